The monoisotopic (exact) mass is 320 g/mol. The molecule has 0 radical (unpaired) electrons. The van der Waals surface area contributed by atoms with Crippen LogP contribution in [0.1, 0.15) is 11.3 Å². The molecule has 0 atom stereocenters. The molecular formula is C18H16N4O2. The van der Waals surface area contributed by atoms with Gasteiger partial charge < -0.3 is 18.7 Å². The van der Waals surface area contributed by atoms with Gasteiger partial charge in [-0.15, -0.1) is 0 Å². The second-order valence-corrected chi connectivity index (χ2v) is 5.40. The zero-order valence-electron chi connectivity index (χ0n) is 12.9. The van der Waals surface area contributed by atoms with Gasteiger partial charge in [0, 0.05) is 24.8 Å². The summed E-state index contributed by atoms with van der Waals surface area (Å²) < 4.78 is 9.62. The summed E-state index contributed by atoms with van der Waals surface area (Å²) in [5.41, 5.74) is 2.22. The molecule has 0 bridgehead atoms. The summed E-state index contributed by atoms with van der Waals surface area (Å²) in [5.74, 6) is 1.90. The van der Waals surface area contributed by atoms with Crippen LogP contribution in [-0.2, 0) is 13.2 Å². The van der Waals surface area contributed by atoms with E-state index >= 15 is 0 Å². The average Bonchev–Trinajstić information content (AvgIpc) is 3.36. The third kappa shape index (κ3) is 2.63. The first-order valence-corrected chi connectivity index (χ1v) is 7.62. The van der Waals surface area contributed by atoms with Crippen LogP contribution in [0.15, 0.2) is 71.9 Å². The number of imidazole rings is 2. The second kappa shape index (κ2) is 6.17. The van der Waals surface area contributed by atoms with E-state index in [-0.39, 0.29) is 6.61 Å². The Balaban J connectivity index is 1.69. The summed E-state index contributed by atoms with van der Waals surface area (Å²) >= 11 is 0. The quantitative estimate of drug-likeness (QED) is 0.614. The summed E-state index contributed by atoms with van der Waals surface area (Å²) in [5, 5.41) is 9.17. The third-order valence-corrected chi connectivity index (χ3v) is 3.87. The Morgan fingerprint density at radius 1 is 1.04 bits per heavy atom. The summed E-state index contributed by atoms with van der Waals surface area (Å²) in [6.45, 7) is 0.531. The molecule has 3 aromatic heterocycles. The molecule has 4 rings (SSSR count). The fourth-order valence-electron chi connectivity index (χ4n) is 2.73. The SMILES string of the molecule is OCc1ccc(-c2nccn2Cc2ccccc2-n2ccnc2)o1. The maximum Gasteiger partial charge on any atom is 0.176 e. The summed E-state index contributed by atoms with van der Waals surface area (Å²) in [6.07, 6.45) is 9.14. The maximum absolute atomic E-state index is 9.17. The zero-order valence-corrected chi connectivity index (χ0v) is 12.9. The van der Waals surface area contributed by atoms with Crippen molar-refractivity contribution in [3.63, 3.8) is 0 Å². The third-order valence-electron chi connectivity index (χ3n) is 3.87. The van der Waals surface area contributed by atoms with Crippen molar-refractivity contribution >= 4 is 0 Å². The van der Waals surface area contributed by atoms with E-state index < -0.39 is 0 Å². The predicted molar refractivity (Wildman–Crippen MR) is 88.5 cm³/mol. The summed E-state index contributed by atoms with van der Waals surface area (Å²) in [6, 6.07) is 11.8. The normalized spacial score (nSPS) is 11.0. The van der Waals surface area contributed by atoms with Crippen molar-refractivity contribution < 1.29 is 9.52 Å². The summed E-state index contributed by atoms with van der Waals surface area (Å²) in [4.78, 5) is 8.51. The van der Waals surface area contributed by atoms with Crippen molar-refractivity contribution in [3.05, 3.63) is 78.8 Å². The van der Waals surface area contributed by atoms with Crippen molar-refractivity contribution in [2.24, 2.45) is 0 Å². The molecule has 6 heteroatoms. The Morgan fingerprint density at radius 3 is 2.75 bits per heavy atom. The highest BCUT2D eigenvalue weighted by Crippen LogP contribution is 2.23. The molecule has 0 saturated carbocycles. The molecule has 0 fully saturated rings. The molecule has 0 unspecified atom stereocenters. The lowest BCUT2D eigenvalue weighted by Gasteiger charge is -2.12. The number of rotatable bonds is 5. The van der Waals surface area contributed by atoms with Gasteiger partial charge in [-0.3, -0.25) is 0 Å². The molecule has 0 aliphatic heterocycles. The van der Waals surface area contributed by atoms with E-state index in [0.29, 0.717) is 18.1 Å². The van der Waals surface area contributed by atoms with Crippen LogP contribution in [0.3, 0.4) is 0 Å². The first-order chi connectivity index (χ1) is 11.8. The molecule has 4 aromatic rings. The van der Waals surface area contributed by atoms with Crippen LogP contribution in [0.5, 0.6) is 0 Å². The van der Waals surface area contributed by atoms with Crippen molar-refractivity contribution in [1.82, 2.24) is 19.1 Å². The molecule has 6 nitrogen and oxygen atoms in total. The Bertz CT molecular complexity index is 938. The largest absolute Gasteiger partial charge is 0.455 e. The number of para-hydroxylation sites is 1. The smallest absolute Gasteiger partial charge is 0.176 e. The van der Waals surface area contributed by atoms with E-state index in [9.17, 15) is 0 Å². The van der Waals surface area contributed by atoms with Gasteiger partial charge in [0.15, 0.2) is 11.6 Å². The Morgan fingerprint density at radius 2 is 1.96 bits per heavy atom. The van der Waals surface area contributed by atoms with Gasteiger partial charge in [0.2, 0.25) is 0 Å². The highest BCUT2D eigenvalue weighted by atomic mass is 16.4. The Hall–Kier alpha value is -3.12. The number of hydrogen-bond donors (Lipinski definition) is 1. The molecule has 0 aliphatic rings. The van der Waals surface area contributed by atoms with Gasteiger partial charge in [-0.2, -0.15) is 0 Å². The minimum Gasteiger partial charge on any atom is -0.455 e. The van der Waals surface area contributed by atoms with Crippen LogP contribution in [0.2, 0.25) is 0 Å². The zero-order chi connectivity index (χ0) is 16.4. The van der Waals surface area contributed by atoms with E-state index in [0.717, 1.165) is 17.1 Å². The topological polar surface area (TPSA) is 69.0 Å². The van der Waals surface area contributed by atoms with Crippen LogP contribution in [0.25, 0.3) is 17.3 Å². The van der Waals surface area contributed by atoms with Gasteiger partial charge >= 0.3 is 0 Å². The Labute approximate surface area is 138 Å². The van der Waals surface area contributed by atoms with Crippen molar-refractivity contribution in [2.75, 3.05) is 0 Å². The highest BCUT2D eigenvalue weighted by Gasteiger charge is 2.12. The van der Waals surface area contributed by atoms with Gasteiger partial charge in [-0.05, 0) is 23.8 Å². The van der Waals surface area contributed by atoms with E-state index in [4.69, 9.17) is 9.52 Å². The van der Waals surface area contributed by atoms with Crippen molar-refractivity contribution in [1.29, 1.82) is 0 Å². The van der Waals surface area contributed by atoms with Gasteiger partial charge in [-0.1, -0.05) is 18.2 Å². The van der Waals surface area contributed by atoms with Crippen molar-refractivity contribution in [2.45, 2.75) is 13.2 Å². The first kappa shape index (κ1) is 14.5. The van der Waals surface area contributed by atoms with Gasteiger partial charge in [0.1, 0.15) is 12.4 Å². The van der Waals surface area contributed by atoms with E-state index in [1.54, 1.807) is 24.8 Å². The molecule has 0 amide bonds. The minimum absolute atomic E-state index is 0.121. The standard InChI is InChI=1S/C18H16N4O2/c23-12-15-5-6-17(24-15)18-20-8-10-21(18)11-14-3-1-2-4-16(14)22-9-7-19-13-22/h1-10,13,23H,11-12H2. The fraction of sp³-hybridized carbons (Fsp3) is 0.111. The summed E-state index contributed by atoms with van der Waals surface area (Å²) in [7, 11) is 0. The van der Waals surface area contributed by atoms with Crippen LogP contribution in [-0.4, -0.2) is 24.2 Å². The average molecular weight is 320 g/mol. The van der Waals surface area contributed by atoms with Crippen LogP contribution in [0, 0.1) is 0 Å². The minimum atomic E-state index is -0.121. The molecule has 1 N–H and O–H groups in total. The van der Waals surface area contributed by atoms with Crippen molar-refractivity contribution in [3.8, 4) is 17.3 Å². The van der Waals surface area contributed by atoms with Gasteiger partial charge in [-0.25, -0.2) is 9.97 Å². The maximum atomic E-state index is 9.17. The number of aromatic nitrogens is 4. The predicted octanol–water partition coefficient (Wildman–Crippen LogP) is 2.87. The number of nitrogens with zero attached hydrogens (tertiary/aromatic N) is 4. The number of aliphatic hydroxyl groups excluding tert-OH is 1. The molecule has 120 valence electrons. The molecule has 0 aliphatic carbocycles. The van der Waals surface area contributed by atoms with Crippen LogP contribution >= 0.6 is 0 Å². The molecule has 1 aromatic carbocycles. The first-order valence-electron chi connectivity index (χ1n) is 7.62. The van der Waals surface area contributed by atoms with E-state index in [1.807, 2.05) is 39.7 Å². The Kier molecular flexibility index (Phi) is 3.72. The van der Waals surface area contributed by atoms with Crippen LogP contribution < -0.4 is 0 Å². The molecule has 0 spiro atoms. The highest BCUT2D eigenvalue weighted by molar-refractivity contribution is 5.49. The molecule has 3 heterocycles. The number of aliphatic hydroxyl groups is 1. The van der Waals surface area contributed by atoms with Gasteiger partial charge in [0.25, 0.3) is 0 Å². The molecule has 24 heavy (non-hydrogen) atoms. The fourth-order valence-corrected chi connectivity index (χ4v) is 2.73. The van der Waals surface area contributed by atoms with E-state index in [2.05, 4.69) is 22.1 Å². The number of benzene rings is 1. The lowest BCUT2D eigenvalue weighted by atomic mass is 10.1. The molecular weight excluding hydrogens is 304 g/mol. The van der Waals surface area contributed by atoms with Gasteiger partial charge in [0.05, 0.1) is 18.6 Å². The molecule has 0 saturated heterocycles. The lowest BCUT2D eigenvalue weighted by Crippen LogP contribution is -2.05. The lowest BCUT2D eigenvalue weighted by molar-refractivity contribution is 0.248. The second-order valence-electron chi connectivity index (χ2n) is 5.40. The number of furan rings is 1. The van der Waals surface area contributed by atoms with E-state index in [1.165, 1.54) is 0 Å². The van der Waals surface area contributed by atoms with Crippen LogP contribution in [0.4, 0.5) is 0 Å². The number of hydrogen-bond acceptors (Lipinski definition) is 4.